The second kappa shape index (κ2) is 7.28. The summed E-state index contributed by atoms with van der Waals surface area (Å²) < 4.78 is 4.60. The smallest absolute Gasteiger partial charge is 0.307 e. The Morgan fingerprint density at radius 1 is 1.37 bits per heavy atom. The summed E-state index contributed by atoms with van der Waals surface area (Å²) in [5.41, 5.74) is 1.17. The standard InChI is InChI=1S/C14H21NO3S/c1-5-11-10(3)9-12(19-11)14(17)15(6-2)8-7-13(16)18-4/h9H,5-8H2,1-4H3. The summed E-state index contributed by atoms with van der Waals surface area (Å²) >= 11 is 1.54. The maximum absolute atomic E-state index is 12.3. The van der Waals surface area contributed by atoms with Gasteiger partial charge in [-0.15, -0.1) is 11.3 Å². The molecule has 0 atom stereocenters. The van der Waals surface area contributed by atoms with E-state index in [2.05, 4.69) is 11.7 Å². The zero-order chi connectivity index (χ0) is 14.4. The maximum atomic E-state index is 12.3. The normalized spacial score (nSPS) is 10.3. The molecule has 0 radical (unpaired) electrons. The third-order valence-corrected chi connectivity index (χ3v) is 4.40. The summed E-state index contributed by atoms with van der Waals surface area (Å²) in [6, 6.07) is 1.94. The molecule has 0 fully saturated rings. The van der Waals surface area contributed by atoms with Gasteiger partial charge in [0.1, 0.15) is 0 Å². The first-order chi connectivity index (χ1) is 9.03. The van der Waals surface area contributed by atoms with Crippen molar-refractivity contribution >= 4 is 23.2 Å². The van der Waals surface area contributed by atoms with E-state index in [1.807, 2.05) is 19.9 Å². The minimum atomic E-state index is -0.289. The van der Waals surface area contributed by atoms with Gasteiger partial charge in [0.15, 0.2) is 0 Å². The number of aryl methyl sites for hydroxylation is 2. The molecule has 0 spiro atoms. The van der Waals surface area contributed by atoms with Gasteiger partial charge in [0, 0.05) is 18.0 Å². The van der Waals surface area contributed by atoms with Crippen molar-refractivity contribution in [3.63, 3.8) is 0 Å². The van der Waals surface area contributed by atoms with Crippen molar-refractivity contribution in [3.05, 3.63) is 21.4 Å². The summed E-state index contributed by atoms with van der Waals surface area (Å²) in [7, 11) is 1.36. The molecular weight excluding hydrogens is 262 g/mol. The van der Waals surface area contributed by atoms with Crippen molar-refractivity contribution < 1.29 is 14.3 Å². The van der Waals surface area contributed by atoms with Crippen LogP contribution < -0.4 is 0 Å². The maximum Gasteiger partial charge on any atom is 0.307 e. The fourth-order valence-corrected chi connectivity index (χ4v) is 2.95. The summed E-state index contributed by atoms with van der Waals surface area (Å²) in [5, 5.41) is 0. The Morgan fingerprint density at radius 3 is 2.53 bits per heavy atom. The second-order valence-corrected chi connectivity index (χ2v) is 5.42. The van der Waals surface area contributed by atoms with Gasteiger partial charge in [0.2, 0.25) is 0 Å². The lowest BCUT2D eigenvalue weighted by molar-refractivity contribution is -0.140. The number of hydrogen-bond acceptors (Lipinski definition) is 4. The number of thiophene rings is 1. The Bertz CT molecular complexity index is 454. The van der Waals surface area contributed by atoms with E-state index in [1.54, 1.807) is 16.2 Å². The number of rotatable bonds is 6. The van der Waals surface area contributed by atoms with E-state index < -0.39 is 0 Å². The zero-order valence-corrected chi connectivity index (χ0v) is 12.8. The van der Waals surface area contributed by atoms with Gasteiger partial charge in [-0.1, -0.05) is 6.92 Å². The van der Waals surface area contributed by atoms with Crippen LogP contribution >= 0.6 is 11.3 Å². The quantitative estimate of drug-likeness (QED) is 0.754. The Labute approximate surface area is 118 Å². The van der Waals surface area contributed by atoms with Crippen molar-refractivity contribution in [3.8, 4) is 0 Å². The van der Waals surface area contributed by atoms with E-state index >= 15 is 0 Å². The molecule has 0 aromatic carbocycles. The van der Waals surface area contributed by atoms with Crippen LogP contribution in [0.1, 0.15) is 40.4 Å². The molecule has 0 unspecified atom stereocenters. The molecule has 0 N–H and O–H groups in total. The first-order valence-electron chi connectivity index (χ1n) is 6.48. The molecule has 0 bridgehead atoms. The monoisotopic (exact) mass is 283 g/mol. The molecule has 0 saturated heterocycles. The van der Waals surface area contributed by atoms with Crippen LogP contribution in [0.5, 0.6) is 0 Å². The molecular formula is C14H21NO3S. The van der Waals surface area contributed by atoms with E-state index in [4.69, 9.17) is 0 Å². The minimum absolute atomic E-state index is 0.000738. The Balaban J connectivity index is 2.74. The number of hydrogen-bond donors (Lipinski definition) is 0. The predicted molar refractivity (Wildman–Crippen MR) is 76.6 cm³/mol. The summed E-state index contributed by atoms with van der Waals surface area (Å²) in [4.78, 5) is 27.2. The van der Waals surface area contributed by atoms with E-state index in [9.17, 15) is 9.59 Å². The van der Waals surface area contributed by atoms with Gasteiger partial charge in [-0.05, 0) is 31.9 Å². The Hall–Kier alpha value is -1.36. The SMILES string of the molecule is CCc1sc(C(=O)N(CC)CCC(=O)OC)cc1C. The van der Waals surface area contributed by atoms with Gasteiger partial charge >= 0.3 is 5.97 Å². The molecule has 1 aromatic rings. The zero-order valence-electron chi connectivity index (χ0n) is 12.0. The van der Waals surface area contributed by atoms with E-state index in [0.717, 1.165) is 11.3 Å². The number of amides is 1. The average molecular weight is 283 g/mol. The van der Waals surface area contributed by atoms with Gasteiger partial charge in [0.05, 0.1) is 18.4 Å². The molecule has 4 nitrogen and oxygen atoms in total. The van der Waals surface area contributed by atoms with Crippen LogP contribution in [0.4, 0.5) is 0 Å². The lowest BCUT2D eigenvalue weighted by Crippen LogP contribution is -2.32. The molecule has 1 rings (SSSR count). The van der Waals surface area contributed by atoms with Crippen LogP contribution in [0.25, 0.3) is 0 Å². The number of carbonyl (C=O) groups excluding carboxylic acids is 2. The molecule has 1 amide bonds. The lowest BCUT2D eigenvalue weighted by atomic mass is 10.2. The molecule has 19 heavy (non-hydrogen) atoms. The first-order valence-corrected chi connectivity index (χ1v) is 7.30. The molecule has 5 heteroatoms. The van der Waals surface area contributed by atoms with Crippen LogP contribution in [0.2, 0.25) is 0 Å². The molecule has 1 heterocycles. The van der Waals surface area contributed by atoms with Crippen LogP contribution in [0.3, 0.4) is 0 Å². The average Bonchev–Trinajstić information content (AvgIpc) is 2.80. The Morgan fingerprint density at radius 2 is 2.05 bits per heavy atom. The van der Waals surface area contributed by atoms with Gasteiger partial charge in [-0.3, -0.25) is 9.59 Å². The van der Waals surface area contributed by atoms with Crippen molar-refractivity contribution in [1.82, 2.24) is 4.90 Å². The van der Waals surface area contributed by atoms with Crippen LogP contribution in [-0.4, -0.2) is 37.0 Å². The summed E-state index contributed by atoms with van der Waals surface area (Å²) in [5.74, 6) is -0.290. The van der Waals surface area contributed by atoms with Gasteiger partial charge in [0.25, 0.3) is 5.91 Å². The van der Waals surface area contributed by atoms with Crippen LogP contribution in [-0.2, 0) is 16.0 Å². The highest BCUT2D eigenvalue weighted by molar-refractivity contribution is 7.14. The predicted octanol–water partition coefficient (Wildman–Crippen LogP) is 2.64. The van der Waals surface area contributed by atoms with Gasteiger partial charge in [-0.25, -0.2) is 0 Å². The van der Waals surface area contributed by atoms with Crippen LogP contribution in [0, 0.1) is 6.92 Å². The molecule has 0 saturated carbocycles. The third kappa shape index (κ3) is 4.06. The molecule has 106 valence electrons. The Kier molecular flexibility index (Phi) is 6.02. The molecule has 0 aliphatic rings. The fourth-order valence-electron chi connectivity index (χ4n) is 1.86. The molecule has 1 aromatic heterocycles. The summed E-state index contributed by atoms with van der Waals surface area (Å²) in [6.45, 7) is 7.02. The van der Waals surface area contributed by atoms with Crippen molar-refractivity contribution in [2.45, 2.75) is 33.6 Å². The van der Waals surface area contributed by atoms with Crippen molar-refractivity contribution in [1.29, 1.82) is 0 Å². The number of carbonyl (C=O) groups is 2. The van der Waals surface area contributed by atoms with E-state index in [-0.39, 0.29) is 18.3 Å². The van der Waals surface area contributed by atoms with E-state index in [0.29, 0.717) is 13.1 Å². The van der Waals surface area contributed by atoms with Crippen molar-refractivity contribution in [2.75, 3.05) is 20.2 Å². The topological polar surface area (TPSA) is 46.6 Å². The van der Waals surface area contributed by atoms with Gasteiger partial charge < -0.3 is 9.64 Å². The molecule has 0 aliphatic carbocycles. The summed E-state index contributed by atoms with van der Waals surface area (Å²) in [6.07, 6.45) is 1.18. The fraction of sp³-hybridized carbons (Fsp3) is 0.571. The highest BCUT2D eigenvalue weighted by atomic mass is 32.1. The highest BCUT2D eigenvalue weighted by Crippen LogP contribution is 2.23. The first kappa shape index (κ1) is 15.7. The molecule has 0 aliphatic heterocycles. The van der Waals surface area contributed by atoms with Gasteiger partial charge in [-0.2, -0.15) is 0 Å². The number of esters is 1. The number of ether oxygens (including phenoxy) is 1. The largest absolute Gasteiger partial charge is 0.469 e. The minimum Gasteiger partial charge on any atom is -0.469 e. The third-order valence-electron chi connectivity index (χ3n) is 3.03. The van der Waals surface area contributed by atoms with Crippen molar-refractivity contribution in [2.24, 2.45) is 0 Å². The van der Waals surface area contributed by atoms with E-state index in [1.165, 1.54) is 17.6 Å². The lowest BCUT2D eigenvalue weighted by Gasteiger charge is -2.19. The van der Waals surface area contributed by atoms with Crippen LogP contribution in [0.15, 0.2) is 6.07 Å². The second-order valence-electron chi connectivity index (χ2n) is 4.28. The number of methoxy groups -OCH3 is 1. The highest BCUT2D eigenvalue weighted by Gasteiger charge is 2.18. The number of nitrogens with zero attached hydrogens (tertiary/aromatic N) is 1.